The average Bonchev–Trinajstić information content (AvgIpc) is 2.59. The number of nitriles is 2. The largest absolute Gasteiger partial charge is 0.299 e. The molecule has 0 spiro atoms. The Morgan fingerprint density at radius 2 is 1.05 bits per heavy atom. The zero-order chi connectivity index (χ0) is 15.6. The van der Waals surface area contributed by atoms with Crippen molar-refractivity contribution in [1.82, 2.24) is 0 Å². The highest BCUT2D eigenvalue weighted by Gasteiger charge is 1.98. The Kier molecular flexibility index (Phi) is 6.82. The van der Waals surface area contributed by atoms with Crippen molar-refractivity contribution in [1.29, 1.82) is 10.5 Å². The van der Waals surface area contributed by atoms with E-state index in [0.717, 1.165) is 33.3 Å². The number of rotatable bonds is 7. The Morgan fingerprint density at radius 1 is 0.682 bits per heavy atom. The second-order valence-electron chi connectivity index (χ2n) is 4.28. The number of hydrogen-bond donors (Lipinski definition) is 0. The van der Waals surface area contributed by atoms with Gasteiger partial charge in [-0.05, 0) is 35.4 Å². The highest BCUT2D eigenvalue weighted by Crippen LogP contribution is 2.26. The van der Waals surface area contributed by atoms with Gasteiger partial charge in [0.15, 0.2) is 0 Å². The standard InChI is InChI=1S/C16H12N2O2S2/c17-9-13-1-5-15(6-2-13)11-19-21-22-20-12-16-7-3-14(10-18)4-8-16/h1-8H,11-12H2. The molecule has 6 heteroatoms. The van der Waals surface area contributed by atoms with Crippen molar-refractivity contribution in [2.45, 2.75) is 13.2 Å². The van der Waals surface area contributed by atoms with Crippen molar-refractivity contribution in [2.75, 3.05) is 0 Å². The molecule has 0 aromatic heterocycles. The van der Waals surface area contributed by atoms with Crippen LogP contribution in [0.25, 0.3) is 0 Å². The molecule has 0 saturated carbocycles. The Bertz CT molecular complexity index is 612. The summed E-state index contributed by atoms with van der Waals surface area (Å²) >= 11 is 2.32. The lowest BCUT2D eigenvalue weighted by Crippen LogP contribution is -1.87. The third kappa shape index (κ3) is 5.44. The van der Waals surface area contributed by atoms with Gasteiger partial charge in [-0.2, -0.15) is 10.5 Å². The van der Waals surface area contributed by atoms with Crippen LogP contribution in [-0.2, 0) is 21.6 Å². The van der Waals surface area contributed by atoms with Crippen molar-refractivity contribution in [3.63, 3.8) is 0 Å². The number of hydrogen-bond acceptors (Lipinski definition) is 6. The van der Waals surface area contributed by atoms with E-state index in [9.17, 15) is 0 Å². The lowest BCUT2D eigenvalue weighted by atomic mass is 10.2. The quantitative estimate of drug-likeness (QED) is 0.427. The summed E-state index contributed by atoms with van der Waals surface area (Å²) < 4.78 is 10.8. The highest BCUT2D eigenvalue weighted by atomic mass is 33.1. The van der Waals surface area contributed by atoms with Crippen molar-refractivity contribution < 1.29 is 8.37 Å². The third-order valence-electron chi connectivity index (χ3n) is 2.74. The van der Waals surface area contributed by atoms with Gasteiger partial charge in [0.1, 0.15) is 0 Å². The van der Waals surface area contributed by atoms with Gasteiger partial charge in [-0.3, -0.25) is 8.37 Å². The van der Waals surface area contributed by atoms with Crippen LogP contribution in [0.2, 0.25) is 0 Å². The monoisotopic (exact) mass is 328 g/mol. The molecule has 0 unspecified atom stereocenters. The zero-order valence-electron chi connectivity index (χ0n) is 11.6. The van der Waals surface area contributed by atoms with Crippen LogP contribution in [0, 0.1) is 22.7 Å². The highest BCUT2D eigenvalue weighted by molar-refractivity contribution is 8.73. The molecule has 0 saturated heterocycles. The van der Waals surface area contributed by atoms with Gasteiger partial charge in [-0.25, -0.2) is 0 Å². The lowest BCUT2D eigenvalue weighted by molar-refractivity contribution is 0.356. The summed E-state index contributed by atoms with van der Waals surface area (Å²) in [5.41, 5.74) is 3.27. The fraction of sp³-hybridized carbons (Fsp3) is 0.125. The molecule has 0 aliphatic rings. The van der Waals surface area contributed by atoms with Crippen LogP contribution >= 0.6 is 22.1 Å². The normalized spacial score (nSPS) is 9.91. The summed E-state index contributed by atoms with van der Waals surface area (Å²) in [4.78, 5) is 0. The number of benzene rings is 2. The Balaban J connectivity index is 1.60. The van der Waals surface area contributed by atoms with Crippen molar-refractivity contribution in [3.8, 4) is 12.1 Å². The first-order valence-electron chi connectivity index (χ1n) is 6.37. The Hall–Kier alpha value is -1.96. The fourth-order valence-corrected chi connectivity index (χ4v) is 2.55. The van der Waals surface area contributed by atoms with E-state index in [1.807, 2.05) is 24.3 Å². The molecule has 2 aromatic rings. The molecule has 0 atom stereocenters. The average molecular weight is 328 g/mol. The second kappa shape index (κ2) is 9.14. The van der Waals surface area contributed by atoms with Crippen LogP contribution in [0.1, 0.15) is 22.3 Å². The zero-order valence-corrected chi connectivity index (χ0v) is 13.2. The first kappa shape index (κ1) is 16.4. The molecule has 2 aromatic carbocycles. The summed E-state index contributed by atoms with van der Waals surface area (Å²) in [5.74, 6) is 0. The van der Waals surface area contributed by atoms with Gasteiger partial charge in [-0.15, -0.1) is 0 Å². The van der Waals surface area contributed by atoms with Crippen molar-refractivity contribution >= 4 is 22.1 Å². The summed E-state index contributed by atoms with van der Waals surface area (Å²) in [6, 6.07) is 18.6. The Labute approximate surface area is 137 Å². The topological polar surface area (TPSA) is 66.0 Å². The lowest BCUT2D eigenvalue weighted by Gasteiger charge is -2.03. The molecule has 0 N–H and O–H groups in total. The predicted octanol–water partition coefficient (Wildman–Crippen LogP) is 4.37. The van der Waals surface area contributed by atoms with Crippen molar-refractivity contribution in [3.05, 3.63) is 70.8 Å². The van der Waals surface area contributed by atoms with Gasteiger partial charge in [0.05, 0.1) is 58.6 Å². The fourth-order valence-electron chi connectivity index (χ4n) is 1.57. The SMILES string of the molecule is N#Cc1ccc(COSSOCc2ccc(C#N)cc2)cc1. The van der Waals surface area contributed by atoms with Gasteiger partial charge in [0.25, 0.3) is 0 Å². The maximum Gasteiger partial charge on any atom is 0.0991 e. The van der Waals surface area contributed by atoms with Crippen LogP contribution in [0.15, 0.2) is 48.5 Å². The summed E-state index contributed by atoms with van der Waals surface area (Å²) in [6.07, 6.45) is 0. The third-order valence-corrected chi connectivity index (χ3v) is 3.97. The maximum atomic E-state index is 8.70. The molecule has 22 heavy (non-hydrogen) atoms. The molecule has 110 valence electrons. The molecule has 0 aliphatic heterocycles. The van der Waals surface area contributed by atoms with Crippen LogP contribution in [-0.4, -0.2) is 0 Å². The van der Waals surface area contributed by atoms with E-state index < -0.39 is 0 Å². The summed E-state index contributed by atoms with van der Waals surface area (Å²) in [5, 5.41) is 17.4. The Morgan fingerprint density at radius 3 is 1.36 bits per heavy atom. The van der Waals surface area contributed by atoms with E-state index in [1.165, 1.54) is 0 Å². The number of nitrogens with zero attached hydrogens (tertiary/aromatic N) is 2. The van der Waals surface area contributed by atoms with E-state index in [4.69, 9.17) is 18.9 Å². The van der Waals surface area contributed by atoms with Crippen molar-refractivity contribution in [2.24, 2.45) is 0 Å². The summed E-state index contributed by atoms with van der Waals surface area (Å²) in [7, 11) is 0. The minimum absolute atomic E-state index is 0.448. The van der Waals surface area contributed by atoms with E-state index in [0.29, 0.717) is 24.3 Å². The van der Waals surface area contributed by atoms with Gasteiger partial charge in [-0.1, -0.05) is 24.3 Å². The van der Waals surface area contributed by atoms with Gasteiger partial charge < -0.3 is 0 Å². The van der Waals surface area contributed by atoms with E-state index >= 15 is 0 Å². The van der Waals surface area contributed by atoms with Gasteiger partial charge in [0, 0.05) is 0 Å². The molecule has 0 amide bonds. The van der Waals surface area contributed by atoms with E-state index in [2.05, 4.69) is 12.1 Å². The molecule has 0 aliphatic carbocycles. The molecule has 0 heterocycles. The van der Waals surface area contributed by atoms with Crippen LogP contribution < -0.4 is 0 Å². The first-order chi connectivity index (χ1) is 10.8. The molecular formula is C16H12N2O2S2. The molecule has 4 nitrogen and oxygen atoms in total. The van der Waals surface area contributed by atoms with Crippen LogP contribution in [0.4, 0.5) is 0 Å². The van der Waals surface area contributed by atoms with E-state index in [1.54, 1.807) is 24.3 Å². The van der Waals surface area contributed by atoms with E-state index in [-0.39, 0.29) is 0 Å². The smallest absolute Gasteiger partial charge is 0.0991 e. The first-order valence-corrected chi connectivity index (χ1v) is 8.37. The molecule has 2 rings (SSSR count). The minimum Gasteiger partial charge on any atom is -0.299 e. The minimum atomic E-state index is 0.448. The molecule has 0 fully saturated rings. The second-order valence-corrected chi connectivity index (χ2v) is 5.84. The maximum absolute atomic E-state index is 8.70. The summed E-state index contributed by atoms with van der Waals surface area (Å²) in [6.45, 7) is 0.896. The predicted molar refractivity (Wildman–Crippen MR) is 87.1 cm³/mol. The molecular weight excluding hydrogens is 316 g/mol. The van der Waals surface area contributed by atoms with Crippen LogP contribution in [0.3, 0.4) is 0 Å². The van der Waals surface area contributed by atoms with Crippen LogP contribution in [0.5, 0.6) is 0 Å². The molecule has 0 bridgehead atoms. The van der Waals surface area contributed by atoms with Gasteiger partial charge >= 0.3 is 0 Å². The molecule has 0 radical (unpaired) electrons. The van der Waals surface area contributed by atoms with Gasteiger partial charge in [0.2, 0.25) is 0 Å².